The second-order valence-electron chi connectivity index (χ2n) is 6.56. The molecule has 0 saturated heterocycles. The molecular formula is C19H18F3N3O4S. The molecule has 1 aromatic carbocycles. The number of rotatable bonds is 6. The molecule has 0 bridgehead atoms. The Morgan fingerprint density at radius 1 is 1.20 bits per heavy atom. The lowest BCUT2D eigenvalue weighted by Gasteiger charge is -2.17. The van der Waals surface area contributed by atoms with E-state index in [2.05, 4.69) is 14.7 Å². The fourth-order valence-electron chi connectivity index (χ4n) is 2.87. The van der Waals surface area contributed by atoms with Crippen LogP contribution in [0.15, 0.2) is 47.5 Å². The van der Waals surface area contributed by atoms with Crippen LogP contribution >= 0.6 is 0 Å². The number of nitrogens with zero attached hydrogens (tertiary/aromatic N) is 2. The number of H-pyrrole nitrogens is 1. The number of esters is 1. The maximum absolute atomic E-state index is 12.6. The molecule has 11 heteroatoms. The summed E-state index contributed by atoms with van der Waals surface area (Å²) in [7, 11) is -2.77. The zero-order chi connectivity index (χ0) is 22.1. The maximum atomic E-state index is 12.6. The predicted octanol–water partition coefficient (Wildman–Crippen LogP) is 3.26. The molecule has 0 spiro atoms. The molecule has 7 nitrogen and oxygen atoms in total. The van der Waals surface area contributed by atoms with E-state index >= 15 is 0 Å². The summed E-state index contributed by atoms with van der Waals surface area (Å²) in [5.41, 5.74) is 3.31. The molecule has 0 aliphatic carbocycles. The van der Waals surface area contributed by atoms with Gasteiger partial charge in [0.05, 0.1) is 4.90 Å². The van der Waals surface area contributed by atoms with Crippen LogP contribution in [0.3, 0.4) is 0 Å². The van der Waals surface area contributed by atoms with E-state index < -0.39 is 35.3 Å². The van der Waals surface area contributed by atoms with Gasteiger partial charge < -0.3 is 9.72 Å². The van der Waals surface area contributed by atoms with E-state index in [1.165, 1.54) is 19.2 Å². The van der Waals surface area contributed by atoms with Crippen molar-refractivity contribution >= 4 is 27.0 Å². The number of aromatic amines is 1. The molecule has 2 heterocycles. The topological polar surface area (TPSA) is 92.4 Å². The molecule has 0 fully saturated rings. The molecule has 0 atom stereocenters. The van der Waals surface area contributed by atoms with E-state index in [9.17, 15) is 26.4 Å². The van der Waals surface area contributed by atoms with Crippen molar-refractivity contribution in [2.24, 2.45) is 0 Å². The summed E-state index contributed by atoms with van der Waals surface area (Å²) in [6.45, 7) is 0.774. The van der Waals surface area contributed by atoms with Crippen LogP contribution in [-0.4, -0.2) is 55.0 Å². The molecule has 0 aliphatic rings. The van der Waals surface area contributed by atoms with E-state index in [1.807, 2.05) is 19.1 Å². The number of alkyl halides is 3. The van der Waals surface area contributed by atoms with Crippen molar-refractivity contribution in [3.63, 3.8) is 0 Å². The molecule has 0 aliphatic heterocycles. The Kier molecular flexibility index (Phi) is 5.86. The Morgan fingerprint density at radius 2 is 1.87 bits per heavy atom. The van der Waals surface area contributed by atoms with Gasteiger partial charge in [0.15, 0.2) is 0 Å². The van der Waals surface area contributed by atoms with E-state index in [0.717, 1.165) is 32.2 Å². The summed E-state index contributed by atoms with van der Waals surface area (Å²) in [4.78, 5) is 18.1. The van der Waals surface area contributed by atoms with Crippen LogP contribution in [-0.2, 0) is 19.6 Å². The number of benzene rings is 1. The molecule has 3 aromatic rings. The highest BCUT2D eigenvalue weighted by Gasteiger charge is 2.41. The third-order valence-electron chi connectivity index (χ3n) is 4.41. The third kappa shape index (κ3) is 4.46. The molecule has 30 heavy (non-hydrogen) atoms. The SMILES string of the molecule is Cc1cc2c(-c3ccc(S(=O)(=O)N(C)CCOC(=O)C(F)(F)F)cc3)ccnc2[nH]1. The largest absolute Gasteiger partial charge is 0.490 e. The molecule has 1 N–H and O–H groups in total. The van der Waals surface area contributed by atoms with E-state index in [1.54, 1.807) is 18.3 Å². The minimum Gasteiger partial charge on any atom is -0.458 e. The molecular weight excluding hydrogens is 423 g/mol. The van der Waals surface area contributed by atoms with Gasteiger partial charge in [-0.25, -0.2) is 18.2 Å². The molecule has 0 unspecified atom stereocenters. The Balaban J connectivity index is 1.75. The zero-order valence-electron chi connectivity index (χ0n) is 16.0. The first-order chi connectivity index (χ1) is 14.0. The Labute approximate surface area is 170 Å². The second kappa shape index (κ2) is 8.07. The van der Waals surface area contributed by atoms with Crippen LogP contribution in [0.5, 0.6) is 0 Å². The van der Waals surface area contributed by atoms with E-state index in [-0.39, 0.29) is 4.90 Å². The standard InChI is InChI=1S/C19H18F3N3O4S/c1-12-11-16-15(7-8-23-17(16)24-12)13-3-5-14(6-4-13)30(27,28)25(2)9-10-29-18(26)19(20,21)22/h3-8,11H,9-10H2,1-2H3,(H,23,24). The predicted molar refractivity (Wildman–Crippen MR) is 103 cm³/mol. The maximum Gasteiger partial charge on any atom is 0.490 e. The van der Waals surface area contributed by atoms with Gasteiger partial charge in [0.25, 0.3) is 0 Å². The molecule has 2 aromatic heterocycles. The van der Waals surface area contributed by atoms with Crippen LogP contribution < -0.4 is 0 Å². The molecule has 160 valence electrons. The summed E-state index contributed by atoms with van der Waals surface area (Å²) in [5, 5.41) is 0.897. The highest BCUT2D eigenvalue weighted by Crippen LogP contribution is 2.29. The first-order valence-electron chi connectivity index (χ1n) is 8.75. The van der Waals surface area contributed by atoms with Crippen molar-refractivity contribution in [2.45, 2.75) is 18.0 Å². The van der Waals surface area contributed by atoms with Crippen molar-refractivity contribution in [1.29, 1.82) is 0 Å². The molecule has 0 saturated carbocycles. The van der Waals surface area contributed by atoms with Gasteiger partial charge in [-0.05, 0) is 42.3 Å². The van der Waals surface area contributed by atoms with Crippen molar-refractivity contribution in [2.75, 3.05) is 20.2 Å². The Bertz CT molecular complexity index is 1170. The number of ether oxygens (including phenoxy) is 1. The van der Waals surface area contributed by atoms with Gasteiger partial charge >= 0.3 is 12.1 Å². The number of aryl methyl sites for hydroxylation is 1. The minimum atomic E-state index is -5.12. The van der Waals surface area contributed by atoms with E-state index in [0.29, 0.717) is 0 Å². The van der Waals surface area contributed by atoms with Crippen molar-refractivity contribution < 1.29 is 31.1 Å². The van der Waals surface area contributed by atoms with E-state index in [4.69, 9.17) is 0 Å². The monoisotopic (exact) mass is 441 g/mol. The van der Waals surface area contributed by atoms with Gasteiger partial charge in [0.1, 0.15) is 12.3 Å². The molecule has 0 amide bonds. The van der Waals surface area contributed by atoms with Crippen LogP contribution in [0.2, 0.25) is 0 Å². The quantitative estimate of drug-likeness (QED) is 0.593. The van der Waals surface area contributed by atoms with Crippen molar-refractivity contribution in [3.8, 4) is 11.1 Å². The number of hydrogen-bond acceptors (Lipinski definition) is 5. The number of fused-ring (bicyclic) bond motifs is 1. The first-order valence-corrected chi connectivity index (χ1v) is 10.2. The number of halogens is 3. The normalized spacial score (nSPS) is 12.5. The van der Waals surface area contributed by atoms with Crippen molar-refractivity contribution in [1.82, 2.24) is 14.3 Å². The fourth-order valence-corrected chi connectivity index (χ4v) is 4.02. The van der Waals surface area contributed by atoms with Crippen LogP contribution in [0.25, 0.3) is 22.2 Å². The highest BCUT2D eigenvalue weighted by atomic mass is 32.2. The number of pyridine rings is 1. The lowest BCUT2D eigenvalue weighted by atomic mass is 10.0. The van der Waals surface area contributed by atoms with Gasteiger partial charge in [-0.3, -0.25) is 0 Å². The summed E-state index contributed by atoms with van der Waals surface area (Å²) >= 11 is 0. The second-order valence-corrected chi connectivity index (χ2v) is 8.60. The number of aromatic nitrogens is 2. The van der Waals surface area contributed by atoms with Crippen LogP contribution in [0.4, 0.5) is 13.2 Å². The summed E-state index contributed by atoms with van der Waals surface area (Å²) in [5.74, 6) is -2.36. The highest BCUT2D eigenvalue weighted by molar-refractivity contribution is 7.89. The zero-order valence-corrected chi connectivity index (χ0v) is 16.8. The number of likely N-dealkylation sites (N-methyl/N-ethyl adjacent to an activating group) is 1. The smallest absolute Gasteiger partial charge is 0.458 e. The lowest BCUT2D eigenvalue weighted by molar-refractivity contribution is -0.199. The Morgan fingerprint density at radius 3 is 2.50 bits per heavy atom. The average Bonchev–Trinajstić information content (AvgIpc) is 3.07. The van der Waals surface area contributed by atoms with Gasteiger partial charge in [-0.1, -0.05) is 12.1 Å². The van der Waals surface area contributed by atoms with Crippen LogP contribution in [0, 0.1) is 6.92 Å². The molecule has 0 radical (unpaired) electrons. The van der Waals surface area contributed by atoms with Gasteiger partial charge in [-0.2, -0.15) is 17.5 Å². The number of nitrogens with one attached hydrogen (secondary N) is 1. The first kappa shape index (κ1) is 21.8. The summed E-state index contributed by atoms with van der Waals surface area (Å²) in [6.07, 6.45) is -3.47. The summed E-state index contributed by atoms with van der Waals surface area (Å²) in [6, 6.07) is 9.87. The number of carbonyl (C=O) groups excluding carboxylic acids is 1. The third-order valence-corrected chi connectivity index (χ3v) is 6.28. The minimum absolute atomic E-state index is 0.0357. The average molecular weight is 441 g/mol. The van der Waals surface area contributed by atoms with Gasteiger partial charge in [0, 0.05) is 30.9 Å². The number of sulfonamides is 1. The fraction of sp³-hybridized carbons (Fsp3) is 0.263. The Hall–Kier alpha value is -2.92. The lowest BCUT2D eigenvalue weighted by Crippen LogP contribution is -2.33. The molecule has 3 rings (SSSR count). The number of carbonyl (C=O) groups is 1. The van der Waals surface area contributed by atoms with Gasteiger partial charge in [-0.15, -0.1) is 0 Å². The number of hydrogen-bond donors (Lipinski definition) is 1. The van der Waals surface area contributed by atoms with Gasteiger partial charge in [0.2, 0.25) is 10.0 Å². The van der Waals surface area contributed by atoms with Crippen molar-refractivity contribution in [3.05, 3.63) is 48.3 Å². The van der Waals surface area contributed by atoms with Crippen LogP contribution in [0.1, 0.15) is 5.69 Å². The summed E-state index contributed by atoms with van der Waals surface area (Å²) < 4.78 is 66.5.